The highest BCUT2D eigenvalue weighted by Gasteiger charge is 2.17. The Morgan fingerprint density at radius 3 is 2.18 bits per heavy atom. The van der Waals surface area contributed by atoms with Gasteiger partial charge in [0, 0.05) is 23.5 Å². The fourth-order valence-electron chi connectivity index (χ4n) is 3.16. The van der Waals surface area contributed by atoms with Crippen LogP contribution in [-0.2, 0) is 10.0 Å². The van der Waals surface area contributed by atoms with E-state index in [1.807, 2.05) is 19.9 Å². The molecule has 0 aliphatic heterocycles. The maximum absolute atomic E-state index is 13.4. The lowest BCUT2D eigenvalue weighted by atomic mass is 10.3. The van der Waals surface area contributed by atoms with Crippen LogP contribution in [0.2, 0.25) is 0 Å². The van der Waals surface area contributed by atoms with Crippen molar-refractivity contribution in [2.24, 2.45) is 0 Å². The number of nitrogens with one attached hydrogen (secondary N) is 1. The summed E-state index contributed by atoms with van der Waals surface area (Å²) in [5.41, 5.74) is 1.95. The SMILES string of the molecule is Cc1cc(C)n(-c2cc(Oc3ccc(NS(=O)(=O)c4cc(F)cc(F)c4)cc3)nc(C)n2)n1. The minimum Gasteiger partial charge on any atom is -0.439 e. The van der Waals surface area contributed by atoms with Crippen molar-refractivity contribution in [3.63, 3.8) is 0 Å². The summed E-state index contributed by atoms with van der Waals surface area (Å²) in [7, 11) is -4.18. The molecule has 0 fully saturated rings. The minimum atomic E-state index is -4.18. The van der Waals surface area contributed by atoms with Gasteiger partial charge >= 0.3 is 0 Å². The Hall–Kier alpha value is -3.86. The van der Waals surface area contributed by atoms with E-state index < -0.39 is 26.6 Å². The fraction of sp³-hybridized carbons (Fsp3) is 0.136. The van der Waals surface area contributed by atoms with E-state index in [0.717, 1.165) is 23.5 Å². The molecule has 0 radical (unpaired) electrons. The lowest BCUT2D eigenvalue weighted by Gasteiger charge is -2.11. The third kappa shape index (κ3) is 5.14. The number of aryl methyl sites for hydroxylation is 3. The Morgan fingerprint density at radius 1 is 0.909 bits per heavy atom. The first-order valence-corrected chi connectivity index (χ1v) is 11.2. The average Bonchev–Trinajstić information content (AvgIpc) is 3.06. The second-order valence-corrected chi connectivity index (χ2v) is 8.97. The number of hydrogen-bond donors (Lipinski definition) is 1. The predicted molar refractivity (Wildman–Crippen MR) is 117 cm³/mol. The van der Waals surface area contributed by atoms with Gasteiger partial charge in [0.05, 0.1) is 10.6 Å². The molecule has 0 atom stereocenters. The van der Waals surface area contributed by atoms with Crippen molar-refractivity contribution in [3.05, 3.63) is 83.4 Å². The molecule has 0 unspecified atom stereocenters. The predicted octanol–water partition coefficient (Wildman–Crippen LogP) is 4.46. The van der Waals surface area contributed by atoms with E-state index in [1.54, 1.807) is 17.7 Å². The zero-order chi connectivity index (χ0) is 23.8. The number of benzene rings is 2. The standard InChI is InChI=1S/C22H19F2N5O3S/c1-13-8-14(2)29(27-13)21-12-22(26-15(3)25-21)32-19-6-4-18(5-7-19)28-33(30,31)20-10-16(23)9-17(24)11-20/h4-12,28H,1-3H3. The Balaban J connectivity index is 1.53. The van der Waals surface area contributed by atoms with E-state index in [0.29, 0.717) is 23.5 Å². The third-order valence-electron chi connectivity index (χ3n) is 4.50. The van der Waals surface area contributed by atoms with Gasteiger partial charge in [0.15, 0.2) is 5.82 Å². The van der Waals surface area contributed by atoms with Crippen LogP contribution in [0.1, 0.15) is 17.2 Å². The highest BCUT2D eigenvalue weighted by Crippen LogP contribution is 2.25. The fourth-order valence-corrected chi connectivity index (χ4v) is 4.26. The van der Waals surface area contributed by atoms with Gasteiger partial charge in [0.1, 0.15) is 23.2 Å². The quantitative estimate of drug-likeness (QED) is 0.446. The van der Waals surface area contributed by atoms with E-state index in [-0.39, 0.29) is 11.6 Å². The molecule has 0 spiro atoms. The molecule has 2 aromatic carbocycles. The Labute approximate surface area is 188 Å². The molecule has 33 heavy (non-hydrogen) atoms. The zero-order valence-electron chi connectivity index (χ0n) is 17.9. The molecule has 4 rings (SSSR count). The molecular formula is C22H19F2N5O3S. The summed E-state index contributed by atoms with van der Waals surface area (Å²) < 4.78 is 61.4. The van der Waals surface area contributed by atoms with Crippen molar-refractivity contribution in [1.29, 1.82) is 0 Å². The van der Waals surface area contributed by atoms with Crippen LogP contribution >= 0.6 is 0 Å². The molecule has 0 saturated carbocycles. The largest absolute Gasteiger partial charge is 0.439 e. The smallest absolute Gasteiger partial charge is 0.262 e. The third-order valence-corrected chi connectivity index (χ3v) is 5.86. The minimum absolute atomic E-state index is 0.189. The number of halogens is 2. The van der Waals surface area contributed by atoms with Gasteiger partial charge in [-0.1, -0.05) is 0 Å². The Kier molecular flexibility index (Phi) is 5.81. The lowest BCUT2D eigenvalue weighted by Crippen LogP contribution is -2.13. The number of sulfonamides is 1. The van der Waals surface area contributed by atoms with Gasteiger partial charge in [-0.15, -0.1) is 0 Å². The zero-order valence-corrected chi connectivity index (χ0v) is 18.7. The highest BCUT2D eigenvalue weighted by atomic mass is 32.2. The van der Waals surface area contributed by atoms with Crippen LogP contribution in [-0.4, -0.2) is 28.2 Å². The molecule has 1 N–H and O–H groups in total. The molecule has 2 heterocycles. The van der Waals surface area contributed by atoms with E-state index in [9.17, 15) is 17.2 Å². The van der Waals surface area contributed by atoms with E-state index in [1.165, 1.54) is 24.3 Å². The highest BCUT2D eigenvalue weighted by molar-refractivity contribution is 7.92. The summed E-state index contributed by atoms with van der Waals surface area (Å²) in [4.78, 5) is 8.15. The van der Waals surface area contributed by atoms with Crippen molar-refractivity contribution < 1.29 is 21.9 Å². The molecule has 2 aromatic heterocycles. The normalized spacial score (nSPS) is 11.4. The maximum Gasteiger partial charge on any atom is 0.262 e. The van der Waals surface area contributed by atoms with Crippen LogP contribution in [0.25, 0.3) is 5.82 Å². The van der Waals surface area contributed by atoms with Crippen LogP contribution in [0.4, 0.5) is 14.5 Å². The van der Waals surface area contributed by atoms with Gasteiger partial charge in [-0.3, -0.25) is 4.72 Å². The molecule has 170 valence electrons. The number of rotatable bonds is 6. The van der Waals surface area contributed by atoms with Crippen LogP contribution < -0.4 is 9.46 Å². The van der Waals surface area contributed by atoms with E-state index in [4.69, 9.17) is 4.74 Å². The molecule has 0 saturated heterocycles. The van der Waals surface area contributed by atoms with Crippen LogP contribution in [0.5, 0.6) is 11.6 Å². The second-order valence-electron chi connectivity index (χ2n) is 7.29. The maximum atomic E-state index is 13.4. The summed E-state index contributed by atoms with van der Waals surface area (Å²) >= 11 is 0. The first-order valence-electron chi connectivity index (χ1n) is 9.75. The van der Waals surface area contributed by atoms with Gasteiger partial charge in [-0.25, -0.2) is 26.9 Å². The van der Waals surface area contributed by atoms with Crippen molar-refractivity contribution in [1.82, 2.24) is 19.7 Å². The van der Waals surface area contributed by atoms with Gasteiger partial charge < -0.3 is 4.74 Å². The molecule has 0 aliphatic carbocycles. The summed E-state index contributed by atoms with van der Waals surface area (Å²) in [6.07, 6.45) is 0. The van der Waals surface area contributed by atoms with Crippen molar-refractivity contribution in [2.75, 3.05) is 4.72 Å². The van der Waals surface area contributed by atoms with Gasteiger partial charge in [0.25, 0.3) is 10.0 Å². The lowest BCUT2D eigenvalue weighted by molar-refractivity contribution is 0.459. The van der Waals surface area contributed by atoms with Crippen molar-refractivity contribution >= 4 is 15.7 Å². The van der Waals surface area contributed by atoms with Gasteiger partial charge in [0.2, 0.25) is 5.88 Å². The Bertz CT molecular complexity index is 1420. The second kappa shape index (κ2) is 8.58. The molecule has 0 aliphatic rings. The molecule has 0 amide bonds. The Morgan fingerprint density at radius 2 is 1.58 bits per heavy atom. The number of aromatic nitrogens is 4. The summed E-state index contributed by atoms with van der Waals surface area (Å²) in [6.45, 7) is 5.53. The number of hydrogen-bond acceptors (Lipinski definition) is 6. The first-order chi connectivity index (χ1) is 15.6. The average molecular weight is 471 g/mol. The number of nitrogens with zero attached hydrogens (tertiary/aromatic N) is 4. The number of anilines is 1. The van der Waals surface area contributed by atoms with Crippen molar-refractivity contribution in [3.8, 4) is 17.4 Å². The monoisotopic (exact) mass is 471 g/mol. The van der Waals surface area contributed by atoms with Gasteiger partial charge in [-0.2, -0.15) is 10.1 Å². The van der Waals surface area contributed by atoms with Crippen molar-refractivity contribution in [2.45, 2.75) is 25.7 Å². The summed E-state index contributed by atoms with van der Waals surface area (Å²) in [6, 6.07) is 11.6. The summed E-state index contributed by atoms with van der Waals surface area (Å²) in [5, 5.41) is 4.41. The molecule has 11 heteroatoms. The van der Waals surface area contributed by atoms with E-state index >= 15 is 0 Å². The summed E-state index contributed by atoms with van der Waals surface area (Å²) in [5.74, 6) is -0.254. The van der Waals surface area contributed by atoms with Crippen LogP contribution in [0.3, 0.4) is 0 Å². The van der Waals surface area contributed by atoms with Crippen LogP contribution in [0, 0.1) is 32.4 Å². The van der Waals surface area contributed by atoms with E-state index in [2.05, 4.69) is 19.8 Å². The molecule has 0 bridgehead atoms. The van der Waals surface area contributed by atoms with Crippen LogP contribution in [0.15, 0.2) is 59.5 Å². The molecule has 4 aromatic rings. The topological polar surface area (TPSA) is 99.0 Å². The molecular weight excluding hydrogens is 452 g/mol. The molecule has 8 nitrogen and oxygen atoms in total. The van der Waals surface area contributed by atoms with Gasteiger partial charge in [-0.05, 0) is 63.2 Å². The first kappa shape index (κ1) is 22.3. The number of ether oxygens (including phenoxy) is 1.